The molecule has 64 valence electrons. The molecule has 0 spiro atoms. The van der Waals surface area contributed by atoms with E-state index in [1.165, 1.54) is 6.26 Å². The zero-order valence-electron chi connectivity index (χ0n) is 6.13. The molecule has 2 nitrogen and oxygen atoms in total. The maximum Gasteiger partial charge on any atom is 0.141 e. The number of anilines is 1. The summed E-state index contributed by atoms with van der Waals surface area (Å²) in [5.41, 5.74) is 6.14. The molecule has 0 unspecified atom stereocenters. The van der Waals surface area contributed by atoms with Crippen LogP contribution in [0.15, 0.2) is 35.0 Å². The molecule has 0 heterocycles. The van der Waals surface area contributed by atoms with Crippen molar-refractivity contribution in [3.63, 3.8) is 0 Å². The van der Waals surface area contributed by atoms with Crippen molar-refractivity contribution in [3.8, 4) is 5.75 Å². The van der Waals surface area contributed by atoms with Crippen molar-refractivity contribution in [1.82, 2.24) is 0 Å². The van der Waals surface area contributed by atoms with Crippen LogP contribution in [-0.4, -0.2) is 0 Å². The van der Waals surface area contributed by atoms with Gasteiger partial charge in [0.25, 0.3) is 0 Å². The summed E-state index contributed by atoms with van der Waals surface area (Å²) in [6, 6.07) is 6.90. The minimum absolute atomic E-state index is 0.0758. The third kappa shape index (κ3) is 3.03. The van der Waals surface area contributed by atoms with Crippen LogP contribution in [0.4, 0.5) is 5.69 Å². The Bertz CT molecular complexity index is 278. The molecule has 0 saturated carbocycles. The van der Waals surface area contributed by atoms with Crippen LogP contribution in [0, 0.1) is 0 Å². The summed E-state index contributed by atoms with van der Waals surface area (Å²) in [4.78, 5) is 0. The average Bonchev–Trinajstić information content (AvgIpc) is 2.03. The Balaban J connectivity index is 2.65. The third-order valence-corrected chi connectivity index (χ3v) is 1.34. The summed E-state index contributed by atoms with van der Waals surface area (Å²) >= 11 is 10.7. The van der Waals surface area contributed by atoms with Crippen LogP contribution in [0.25, 0.3) is 0 Å². The molecule has 0 amide bonds. The van der Waals surface area contributed by atoms with Crippen LogP contribution in [-0.2, 0) is 0 Å². The Morgan fingerprint density at radius 1 is 1.25 bits per heavy atom. The summed E-state index contributed by atoms with van der Waals surface area (Å²) < 4.78 is 5.12. The largest absolute Gasteiger partial charge is 0.463 e. The van der Waals surface area contributed by atoms with Crippen LogP contribution in [0.5, 0.6) is 5.75 Å². The molecule has 4 heteroatoms. The summed E-state index contributed by atoms with van der Waals surface area (Å²) in [5.74, 6) is 0.642. The van der Waals surface area contributed by atoms with E-state index in [9.17, 15) is 0 Å². The second-order valence-electron chi connectivity index (χ2n) is 2.09. The number of hydrogen-bond acceptors (Lipinski definition) is 2. The van der Waals surface area contributed by atoms with E-state index in [4.69, 9.17) is 33.7 Å². The van der Waals surface area contributed by atoms with Gasteiger partial charge in [0, 0.05) is 5.69 Å². The SMILES string of the molecule is Nc1ccc(OC=C(Cl)Cl)cc1. The molecule has 12 heavy (non-hydrogen) atoms. The summed E-state index contributed by atoms with van der Waals surface area (Å²) in [6.45, 7) is 0. The highest BCUT2D eigenvalue weighted by atomic mass is 35.5. The Hall–Kier alpha value is -0.860. The highest BCUT2D eigenvalue weighted by molar-refractivity contribution is 6.55. The minimum atomic E-state index is 0.0758. The average molecular weight is 204 g/mol. The molecule has 0 aliphatic carbocycles. The first-order valence-corrected chi connectivity index (χ1v) is 3.97. The fourth-order valence-corrected chi connectivity index (χ4v) is 0.748. The molecule has 0 bridgehead atoms. The van der Waals surface area contributed by atoms with Gasteiger partial charge in [-0.15, -0.1) is 0 Å². The normalized spacial score (nSPS) is 9.17. The van der Waals surface area contributed by atoms with E-state index < -0.39 is 0 Å². The summed E-state index contributed by atoms with van der Waals surface area (Å²) in [7, 11) is 0. The van der Waals surface area contributed by atoms with Gasteiger partial charge >= 0.3 is 0 Å². The number of benzene rings is 1. The van der Waals surface area contributed by atoms with E-state index in [0.29, 0.717) is 11.4 Å². The molecule has 0 saturated heterocycles. The van der Waals surface area contributed by atoms with E-state index in [1.807, 2.05) is 0 Å². The molecule has 0 aromatic heterocycles. The van der Waals surface area contributed by atoms with Crippen LogP contribution in [0.2, 0.25) is 0 Å². The number of halogens is 2. The van der Waals surface area contributed by atoms with Gasteiger partial charge in [-0.2, -0.15) is 0 Å². The van der Waals surface area contributed by atoms with Crippen LogP contribution < -0.4 is 10.5 Å². The molecule has 2 N–H and O–H groups in total. The highest BCUT2D eigenvalue weighted by Crippen LogP contribution is 2.15. The Kier molecular flexibility index (Phi) is 3.26. The van der Waals surface area contributed by atoms with Gasteiger partial charge in [0.15, 0.2) is 0 Å². The van der Waals surface area contributed by atoms with Crippen molar-refractivity contribution in [2.75, 3.05) is 5.73 Å². The first-order chi connectivity index (χ1) is 5.68. The number of ether oxygens (including phenoxy) is 1. The molecule has 0 fully saturated rings. The third-order valence-electron chi connectivity index (χ3n) is 1.16. The van der Waals surface area contributed by atoms with E-state index in [-0.39, 0.29) is 4.49 Å². The predicted molar refractivity (Wildman–Crippen MR) is 51.3 cm³/mol. The van der Waals surface area contributed by atoms with Crippen LogP contribution in [0.3, 0.4) is 0 Å². The maximum absolute atomic E-state index is 5.46. The Morgan fingerprint density at radius 3 is 2.33 bits per heavy atom. The number of nitrogens with two attached hydrogens (primary N) is 1. The van der Waals surface area contributed by atoms with Crippen molar-refractivity contribution < 1.29 is 4.74 Å². The predicted octanol–water partition coefficient (Wildman–Crippen LogP) is 2.92. The lowest BCUT2D eigenvalue weighted by Crippen LogP contribution is -1.85. The second-order valence-corrected chi connectivity index (χ2v) is 3.10. The van der Waals surface area contributed by atoms with E-state index in [1.54, 1.807) is 24.3 Å². The lowest BCUT2D eigenvalue weighted by atomic mass is 10.3. The number of rotatable bonds is 2. The van der Waals surface area contributed by atoms with Gasteiger partial charge in [-0.25, -0.2) is 0 Å². The maximum atomic E-state index is 5.46. The fourth-order valence-electron chi connectivity index (χ4n) is 0.659. The van der Waals surface area contributed by atoms with Crippen molar-refractivity contribution >= 4 is 28.9 Å². The van der Waals surface area contributed by atoms with Crippen LogP contribution >= 0.6 is 23.2 Å². The minimum Gasteiger partial charge on any atom is -0.463 e. The van der Waals surface area contributed by atoms with Gasteiger partial charge in [-0.1, -0.05) is 23.2 Å². The van der Waals surface area contributed by atoms with E-state index >= 15 is 0 Å². The van der Waals surface area contributed by atoms with Gasteiger partial charge in [-0.3, -0.25) is 0 Å². The zero-order chi connectivity index (χ0) is 8.97. The van der Waals surface area contributed by atoms with Gasteiger partial charge < -0.3 is 10.5 Å². The molecule has 1 aromatic rings. The first-order valence-electron chi connectivity index (χ1n) is 3.22. The molecule has 0 atom stereocenters. The topological polar surface area (TPSA) is 35.2 Å². The van der Waals surface area contributed by atoms with Crippen molar-refractivity contribution in [3.05, 3.63) is 35.0 Å². The molecule has 0 radical (unpaired) electrons. The molecular weight excluding hydrogens is 197 g/mol. The second kappa shape index (κ2) is 4.24. The standard InChI is InChI=1S/C8H7Cl2NO/c9-8(10)5-12-7-3-1-6(11)2-4-7/h1-5H,11H2. The lowest BCUT2D eigenvalue weighted by molar-refractivity contribution is 0.481. The van der Waals surface area contributed by atoms with E-state index in [2.05, 4.69) is 0 Å². The monoisotopic (exact) mass is 203 g/mol. The van der Waals surface area contributed by atoms with Crippen molar-refractivity contribution in [2.45, 2.75) is 0 Å². The quantitative estimate of drug-likeness (QED) is 0.593. The summed E-state index contributed by atoms with van der Waals surface area (Å²) in [6.07, 6.45) is 1.24. The highest BCUT2D eigenvalue weighted by Gasteiger charge is 1.90. The van der Waals surface area contributed by atoms with Gasteiger partial charge in [0.05, 0.1) is 0 Å². The fraction of sp³-hybridized carbons (Fsp3) is 0. The lowest BCUT2D eigenvalue weighted by Gasteiger charge is -1.99. The summed E-state index contributed by atoms with van der Waals surface area (Å²) in [5, 5.41) is 0. The van der Waals surface area contributed by atoms with E-state index in [0.717, 1.165) is 0 Å². The molecule has 1 rings (SSSR count). The molecule has 1 aromatic carbocycles. The molecular formula is C8H7Cl2NO. The number of nitrogen functional groups attached to an aromatic ring is 1. The van der Waals surface area contributed by atoms with Gasteiger partial charge in [-0.05, 0) is 24.3 Å². The number of hydrogen-bond donors (Lipinski definition) is 1. The smallest absolute Gasteiger partial charge is 0.141 e. The Morgan fingerprint density at radius 2 is 1.83 bits per heavy atom. The van der Waals surface area contributed by atoms with Crippen molar-refractivity contribution in [1.29, 1.82) is 0 Å². The molecule has 0 aliphatic rings. The van der Waals surface area contributed by atoms with Gasteiger partial charge in [0.1, 0.15) is 16.5 Å². The Labute approximate surface area is 80.5 Å². The van der Waals surface area contributed by atoms with Crippen LogP contribution in [0.1, 0.15) is 0 Å². The van der Waals surface area contributed by atoms with Gasteiger partial charge in [0.2, 0.25) is 0 Å². The zero-order valence-corrected chi connectivity index (χ0v) is 7.64. The molecule has 0 aliphatic heterocycles. The van der Waals surface area contributed by atoms with Crippen molar-refractivity contribution in [2.24, 2.45) is 0 Å². The first kappa shape index (κ1) is 9.23.